The molecule has 96 valence electrons. The fraction of sp³-hybridized carbons (Fsp3) is 0.667. The van der Waals surface area contributed by atoms with Crippen LogP contribution in [0.2, 0.25) is 0 Å². The number of carboxylic acids is 2. The van der Waals surface area contributed by atoms with Crippen molar-refractivity contribution in [2.45, 2.75) is 45.1 Å². The molecule has 1 aliphatic rings. The third-order valence-electron chi connectivity index (χ3n) is 3.02. The molecule has 0 aromatic carbocycles. The van der Waals surface area contributed by atoms with Gasteiger partial charge in [-0.25, -0.2) is 4.79 Å². The second kappa shape index (κ2) is 5.21. The topological polar surface area (TPSA) is 83.8 Å². The van der Waals surface area contributed by atoms with Gasteiger partial charge in [0.15, 0.2) is 0 Å². The molecular weight excluding hydrogens is 224 g/mol. The summed E-state index contributed by atoms with van der Waals surface area (Å²) in [5.74, 6) is -3.28. The molecule has 17 heavy (non-hydrogen) atoms. The first-order valence-corrected chi connectivity index (χ1v) is 5.67. The van der Waals surface area contributed by atoms with Crippen LogP contribution >= 0.6 is 0 Å². The highest BCUT2D eigenvalue weighted by molar-refractivity contribution is 5.86. The minimum Gasteiger partial charge on any atom is -0.482 e. The van der Waals surface area contributed by atoms with Crippen LogP contribution in [0.4, 0.5) is 0 Å². The van der Waals surface area contributed by atoms with Crippen molar-refractivity contribution >= 4 is 11.9 Å². The van der Waals surface area contributed by atoms with Crippen molar-refractivity contribution in [1.29, 1.82) is 0 Å². The van der Waals surface area contributed by atoms with Crippen LogP contribution in [0.15, 0.2) is 11.8 Å². The normalized spacial score (nSPS) is 28.2. The fourth-order valence-corrected chi connectivity index (χ4v) is 2.14. The van der Waals surface area contributed by atoms with Gasteiger partial charge < -0.3 is 14.9 Å². The molecule has 2 atom stereocenters. The summed E-state index contributed by atoms with van der Waals surface area (Å²) in [6.07, 6.45) is 3.33. The third kappa shape index (κ3) is 2.78. The Kier molecular flexibility index (Phi) is 4.15. The summed E-state index contributed by atoms with van der Waals surface area (Å²) < 4.78 is 5.32. The summed E-state index contributed by atoms with van der Waals surface area (Å²) in [7, 11) is 0. The molecule has 1 saturated carbocycles. The molecule has 5 nitrogen and oxygen atoms in total. The van der Waals surface area contributed by atoms with E-state index in [9.17, 15) is 14.7 Å². The summed E-state index contributed by atoms with van der Waals surface area (Å²) in [5, 5.41) is 18.4. The maximum atomic E-state index is 11.4. The number of carboxylic acid groups (broad SMARTS) is 2. The zero-order chi connectivity index (χ0) is 13.1. The van der Waals surface area contributed by atoms with Crippen molar-refractivity contribution in [2.24, 2.45) is 5.92 Å². The summed E-state index contributed by atoms with van der Waals surface area (Å²) in [6.45, 7) is 3.54. The lowest BCUT2D eigenvalue weighted by molar-refractivity contribution is -0.180. The Bertz CT molecular complexity index is 343. The molecule has 0 aliphatic heterocycles. The van der Waals surface area contributed by atoms with E-state index in [4.69, 9.17) is 9.84 Å². The number of aliphatic carboxylic acids is 2. The quantitative estimate of drug-likeness (QED) is 0.737. The molecule has 0 saturated heterocycles. The van der Waals surface area contributed by atoms with Crippen molar-refractivity contribution in [2.75, 3.05) is 0 Å². The second-order valence-electron chi connectivity index (χ2n) is 4.64. The van der Waals surface area contributed by atoms with E-state index in [1.54, 1.807) is 13.8 Å². The summed E-state index contributed by atoms with van der Waals surface area (Å²) >= 11 is 0. The van der Waals surface area contributed by atoms with Crippen LogP contribution in [0, 0.1) is 5.92 Å². The lowest BCUT2D eigenvalue weighted by Gasteiger charge is -2.37. The second-order valence-corrected chi connectivity index (χ2v) is 4.64. The summed E-state index contributed by atoms with van der Waals surface area (Å²) in [4.78, 5) is 22.5. The first-order chi connectivity index (χ1) is 7.90. The van der Waals surface area contributed by atoms with Gasteiger partial charge in [-0.1, -0.05) is 6.42 Å². The van der Waals surface area contributed by atoms with Crippen LogP contribution in [0.25, 0.3) is 0 Å². The van der Waals surface area contributed by atoms with Crippen molar-refractivity contribution in [3.05, 3.63) is 11.8 Å². The van der Waals surface area contributed by atoms with Crippen molar-refractivity contribution in [1.82, 2.24) is 0 Å². The molecule has 5 heteroatoms. The van der Waals surface area contributed by atoms with Gasteiger partial charge in [-0.15, -0.1) is 0 Å². The number of carbonyl (C=O) groups is 2. The van der Waals surface area contributed by atoms with Crippen LogP contribution in [-0.4, -0.2) is 27.8 Å². The van der Waals surface area contributed by atoms with Gasteiger partial charge in [-0.05, 0) is 38.7 Å². The lowest BCUT2D eigenvalue weighted by Crippen LogP contribution is -2.52. The summed E-state index contributed by atoms with van der Waals surface area (Å²) in [5.41, 5.74) is -0.804. The largest absolute Gasteiger partial charge is 0.482 e. The Morgan fingerprint density at radius 1 is 1.29 bits per heavy atom. The SMILES string of the molecule is CC(C)=COC1(C(=O)O)CCCCC1C(=O)O. The Morgan fingerprint density at radius 2 is 1.94 bits per heavy atom. The van der Waals surface area contributed by atoms with Gasteiger partial charge in [0.25, 0.3) is 0 Å². The van der Waals surface area contributed by atoms with E-state index in [0.717, 1.165) is 12.0 Å². The number of rotatable bonds is 4. The Labute approximate surface area is 100 Å². The van der Waals surface area contributed by atoms with E-state index >= 15 is 0 Å². The van der Waals surface area contributed by atoms with E-state index < -0.39 is 23.5 Å². The van der Waals surface area contributed by atoms with Gasteiger partial charge in [0.05, 0.1) is 6.26 Å². The average molecular weight is 242 g/mol. The Balaban J connectivity index is 3.05. The van der Waals surface area contributed by atoms with Crippen LogP contribution in [-0.2, 0) is 14.3 Å². The Morgan fingerprint density at radius 3 is 2.41 bits per heavy atom. The maximum Gasteiger partial charge on any atom is 0.348 e. The van der Waals surface area contributed by atoms with E-state index in [0.29, 0.717) is 12.8 Å². The summed E-state index contributed by atoms with van der Waals surface area (Å²) in [6, 6.07) is 0. The van der Waals surface area contributed by atoms with E-state index in [-0.39, 0.29) is 6.42 Å². The third-order valence-corrected chi connectivity index (χ3v) is 3.02. The van der Waals surface area contributed by atoms with Gasteiger partial charge >= 0.3 is 11.9 Å². The van der Waals surface area contributed by atoms with Crippen LogP contribution in [0.5, 0.6) is 0 Å². The monoisotopic (exact) mass is 242 g/mol. The minimum absolute atomic E-state index is 0.239. The molecule has 0 aromatic rings. The van der Waals surface area contributed by atoms with Crippen LogP contribution in [0.3, 0.4) is 0 Å². The standard InChI is InChI=1S/C12H18O5/c1-8(2)7-17-12(11(15)16)6-4-3-5-9(12)10(13)14/h7,9H,3-6H2,1-2H3,(H,13,14)(H,15,16). The number of hydrogen-bond acceptors (Lipinski definition) is 3. The molecule has 0 spiro atoms. The molecule has 0 heterocycles. The van der Waals surface area contributed by atoms with Gasteiger partial charge in [0, 0.05) is 0 Å². The molecule has 0 aromatic heterocycles. The van der Waals surface area contributed by atoms with E-state index in [1.165, 1.54) is 6.26 Å². The lowest BCUT2D eigenvalue weighted by atomic mass is 9.75. The average Bonchev–Trinajstić information content (AvgIpc) is 2.26. The molecule has 2 N–H and O–H groups in total. The number of allylic oxidation sites excluding steroid dienone is 1. The zero-order valence-corrected chi connectivity index (χ0v) is 10.1. The van der Waals surface area contributed by atoms with Crippen molar-refractivity contribution in [3.63, 3.8) is 0 Å². The molecule has 1 aliphatic carbocycles. The highest BCUT2D eigenvalue weighted by atomic mass is 16.5. The minimum atomic E-state index is -1.61. The predicted octanol–water partition coefficient (Wildman–Crippen LogP) is 2.02. The molecular formula is C12H18O5. The van der Waals surface area contributed by atoms with Crippen LogP contribution in [0.1, 0.15) is 39.5 Å². The molecule has 0 bridgehead atoms. The first-order valence-electron chi connectivity index (χ1n) is 5.67. The number of hydrogen-bond donors (Lipinski definition) is 2. The molecule has 0 amide bonds. The molecule has 2 unspecified atom stereocenters. The van der Waals surface area contributed by atoms with Gasteiger partial charge in [-0.2, -0.15) is 0 Å². The van der Waals surface area contributed by atoms with E-state index in [2.05, 4.69) is 0 Å². The van der Waals surface area contributed by atoms with Gasteiger partial charge in [-0.3, -0.25) is 4.79 Å². The number of ether oxygens (including phenoxy) is 1. The molecule has 0 radical (unpaired) electrons. The maximum absolute atomic E-state index is 11.4. The Hall–Kier alpha value is -1.52. The highest BCUT2D eigenvalue weighted by Crippen LogP contribution is 2.38. The molecule has 1 rings (SSSR count). The van der Waals surface area contributed by atoms with Gasteiger partial charge in [0.1, 0.15) is 5.92 Å². The van der Waals surface area contributed by atoms with Gasteiger partial charge in [0.2, 0.25) is 5.60 Å². The predicted molar refractivity (Wildman–Crippen MR) is 60.5 cm³/mol. The van der Waals surface area contributed by atoms with E-state index in [1.807, 2.05) is 0 Å². The van der Waals surface area contributed by atoms with Crippen LogP contribution < -0.4 is 0 Å². The van der Waals surface area contributed by atoms with Crippen molar-refractivity contribution in [3.8, 4) is 0 Å². The zero-order valence-electron chi connectivity index (χ0n) is 10.1. The highest BCUT2D eigenvalue weighted by Gasteiger charge is 2.52. The molecule has 1 fully saturated rings. The smallest absolute Gasteiger partial charge is 0.348 e. The van der Waals surface area contributed by atoms with Crippen molar-refractivity contribution < 1.29 is 24.5 Å². The fourth-order valence-electron chi connectivity index (χ4n) is 2.14. The first kappa shape index (κ1) is 13.5.